The van der Waals surface area contributed by atoms with Crippen LogP contribution >= 0.6 is 0 Å². The maximum absolute atomic E-state index is 9.37. The zero-order chi connectivity index (χ0) is 10.3. The van der Waals surface area contributed by atoms with E-state index in [1.807, 2.05) is 0 Å². The van der Waals surface area contributed by atoms with Gasteiger partial charge in [-0.1, -0.05) is 19.8 Å². The Hall–Kier alpha value is -0.120. The summed E-state index contributed by atoms with van der Waals surface area (Å²) in [7, 11) is 0. The Morgan fingerprint density at radius 2 is 1.92 bits per heavy atom. The van der Waals surface area contributed by atoms with Crippen molar-refractivity contribution >= 4 is 0 Å². The van der Waals surface area contributed by atoms with Crippen molar-refractivity contribution < 1.29 is 14.9 Å². The predicted molar refractivity (Wildman–Crippen MR) is 52.6 cm³/mol. The van der Waals surface area contributed by atoms with Gasteiger partial charge in [-0.2, -0.15) is 0 Å². The lowest BCUT2D eigenvalue weighted by molar-refractivity contribution is -0.0859. The van der Waals surface area contributed by atoms with Crippen molar-refractivity contribution in [1.29, 1.82) is 0 Å². The van der Waals surface area contributed by atoms with Crippen LogP contribution in [0.3, 0.4) is 0 Å². The Kier molecular flexibility index (Phi) is 6.29. The summed E-state index contributed by atoms with van der Waals surface area (Å²) in [5.41, 5.74) is -1.06. The molecule has 0 saturated heterocycles. The van der Waals surface area contributed by atoms with E-state index < -0.39 is 11.7 Å². The highest BCUT2D eigenvalue weighted by atomic mass is 16.5. The van der Waals surface area contributed by atoms with Crippen molar-refractivity contribution in [3.8, 4) is 0 Å². The van der Waals surface area contributed by atoms with Crippen LogP contribution in [-0.4, -0.2) is 35.1 Å². The largest absolute Gasteiger partial charge is 0.388 e. The monoisotopic (exact) mass is 190 g/mol. The fourth-order valence-electron chi connectivity index (χ4n) is 0.853. The van der Waals surface area contributed by atoms with Gasteiger partial charge in [0.1, 0.15) is 6.10 Å². The first-order valence-corrected chi connectivity index (χ1v) is 4.96. The molecule has 13 heavy (non-hydrogen) atoms. The summed E-state index contributed by atoms with van der Waals surface area (Å²) in [4.78, 5) is 0. The topological polar surface area (TPSA) is 49.7 Å². The molecule has 0 spiro atoms. The molecule has 0 bridgehead atoms. The van der Waals surface area contributed by atoms with E-state index in [0.717, 1.165) is 19.3 Å². The van der Waals surface area contributed by atoms with Crippen LogP contribution in [0.2, 0.25) is 0 Å². The molecule has 0 radical (unpaired) electrons. The van der Waals surface area contributed by atoms with E-state index in [9.17, 15) is 10.2 Å². The first-order valence-electron chi connectivity index (χ1n) is 4.96. The van der Waals surface area contributed by atoms with Gasteiger partial charge in [0.2, 0.25) is 0 Å². The van der Waals surface area contributed by atoms with E-state index in [1.54, 1.807) is 13.8 Å². The minimum absolute atomic E-state index is 0.215. The first kappa shape index (κ1) is 12.9. The number of aliphatic hydroxyl groups is 2. The minimum Gasteiger partial charge on any atom is -0.388 e. The first-order chi connectivity index (χ1) is 5.98. The molecule has 0 amide bonds. The summed E-state index contributed by atoms with van der Waals surface area (Å²) in [6.07, 6.45) is 2.54. The van der Waals surface area contributed by atoms with Gasteiger partial charge in [-0.3, -0.25) is 0 Å². The van der Waals surface area contributed by atoms with Crippen LogP contribution in [0.5, 0.6) is 0 Å². The van der Waals surface area contributed by atoms with Gasteiger partial charge in [-0.05, 0) is 20.3 Å². The van der Waals surface area contributed by atoms with Crippen molar-refractivity contribution in [2.45, 2.75) is 51.7 Å². The Morgan fingerprint density at radius 1 is 1.31 bits per heavy atom. The van der Waals surface area contributed by atoms with Crippen LogP contribution < -0.4 is 0 Å². The van der Waals surface area contributed by atoms with Crippen LogP contribution in [0.15, 0.2) is 0 Å². The molecule has 0 aliphatic heterocycles. The zero-order valence-electron chi connectivity index (χ0n) is 8.92. The molecule has 0 aromatic rings. The van der Waals surface area contributed by atoms with Gasteiger partial charge in [0, 0.05) is 6.61 Å². The molecule has 0 fully saturated rings. The van der Waals surface area contributed by atoms with Gasteiger partial charge in [0.05, 0.1) is 12.2 Å². The van der Waals surface area contributed by atoms with Gasteiger partial charge in [0.25, 0.3) is 0 Å². The number of ether oxygens (including phenoxy) is 1. The third kappa shape index (κ3) is 6.99. The van der Waals surface area contributed by atoms with E-state index in [2.05, 4.69) is 6.92 Å². The average molecular weight is 190 g/mol. The van der Waals surface area contributed by atoms with Crippen LogP contribution in [-0.2, 0) is 4.74 Å². The van der Waals surface area contributed by atoms with Gasteiger partial charge in [-0.15, -0.1) is 0 Å². The van der Waals surface area contributed by atoms with Crippen LogP contribution in [0.25, 0.3) is 0 Å². The fraction of sp³-hybridized carbons (Fsp3) is 1.00. The summed E-state index contributed by atoms with van der Waals surface area (Å²) in [6.45, 7) is 6.17. The van der Waals surface area contributed by atoms with Gasteiger partial charge in [0.15, 0.2) is 0 Å². The highest BCUT2D eigenvalue weighted by Crippen LogP contribution is 2.08. The molecule has 0 aromatic carbocycles. The molecule has 0 aromatic heterocycles. The lowest BCUT2D eigenvalue weighted by Crippen LogP contribution is -2.39. The average Bonchev–Trinajstić information content (AvgIpc) is 2.02. The third-order valence-corrected chi connectivity index (χ3v) is 1.98. The second-order valence-electron chi connectivity index (χ2n) is 3.95. The Morgan fingerprint density at radius 3 is 2.38 bits per heavy atom. The highest BCUT2D eigenvalue weighted by Gasteiger charge is 2.24. The summed E-state index contributed by atoms with van der Waals surface area (Å²) in [5.74, 6) is 0. The molecule has 0 rings (SSSR count). The Labute approximate surface area is 80.7 Å². The molecule has 0 saturated carbocycles. The molecule has 80 valence electrons. The molecule has 0 heterocycles. The van der Waals surface area contributed by atoms with Gasteiger partial charge in [-0.25, -0.2) is 0 Å². The Bertz CT molecular complexity index is 118. The molecule has 3 nitrogen and oxygen atoms in total. The second kappa shape index (κ2) is 6.35. The number of hydrogen-bond donors (Lipinski definition) is 2. The second-order valence-corrected chi connectivity index (χ2v) is 3.95. The molecule has 3 heteroatoms. The third-order valence-electron chi connectivity index (χ3n) is 1.98. The van der Waals surface area contributed by atoms with E-state index in [-0.39, 0.29) is 6.61 Å². The van der Waals surface area contributed by atoms with Gasteiger partial charge >= 0.3 is 0 Å². The van der Waals surface area contributed by atoms with Crippen molar-refractivity contribution in [2.24, 2.45) is 0 Å². The molecule has 2 N–H and O–H groups in total. The zero-order valence-corrected chi connectivity index (χ0v) is 8.92. The van der Waals surface area contributed by atoms with E-state index >= 15 is 0 Å². The molecular weight excluding hydrogens is 168 g/mol. The summed E-state index contributed by atoms with van der Waals surface area (Å²) in [5, 5.41) is 18.7. The fourth-order valence-corrected chi connectivity index (χ4v) is 0.853. The quantitative estimate of drug-likeness (QED) is 0.595. The van der Waals surface area contributed by atoms with Crippen LogP contribution in [0.1, 0.15) is 40.0 Å². The smallest absolute Gasteiger partial charge is 0.105 e. The standard InChI is InChI=1S/C10H22O3/c1-4-5-6-7-13-8-9(11)10(2,3)12/h9,11-12H,4-8H2,1-3H3. The molecular formula is C10H22O3. The minimum atomic E-state index is -1.06. The molecule has 0 aliphatic carbocycles. The summed E-state index contributed by atoms with van der Waals surface area (Å²) < 4.78 is 5.21. The predicted octanol–water partition coefficient (Wildman–Crippen LogP) is 1.32. The number of hydrogen-bond acceptors (Lipinski definition) is 3. The van der Waals surface area contributed by atoms with Crippen LogP contribution in [0, 0.1) is 0 Å². The number of unbranched alkanes of at least 4 members (excludes halogenated alkanes) is 2. The van der Waals surface area contributed by atoms with Crippen molar-refractivity contribution in [1.82, 2.24) is 0 Å². The lowest BCUT2D eigenvalue weighted by Gasteiger charge is -2.24. The number of rotatable bonds is 7. The molecule has 0 aliphatic rings. The SMILES string of the molecule is CCCCCOCC(O)C(C)(C)O. The Balaban J connectivity index is 3.32. The maximum Gasteiger partial charge on any atom is 0.105 e. The van der Waals surface area contributed by atoms with Crippen molar-refractivity contribution in [3.63, 3.8) is 0 Å². The van der Waals surface area contributed by atoms with Gasteiger partial charge < -0.3 is 14.9 Å². The van der Waals surface area contributed by atoms with E-state index in [0.29, 0.717) is 6.61 Å². The summed E-state index contributed by atoms with van der Waals surface area (Å²) in [6, 6.07) is 0. The normalized spacial score (nSPS) is 14.5. The molecule has 1 unspecified atom stereocenters. The summed E-state index contributed by atoms with van der Waals surface area (Å²) >= 11 is 0. The van der Waals surface area contributed by atoms with Crippen molar-refractivity contribution in [3.05, 3.63) is 0 Å². The lowest BCUT2D eigenvalue weighted by atomic mass is 10.0. The van der Waals surface area contributed by atoms with E-state index in [4.69, 9.17) is 4.74 Å². The van der Waals surface area contributed by atoms with Crippen molar-refractivity contribution in [2.75, 3.05) is 13.2 Å². The van der Waals surface area contributed by atoms with E-state index in [1.165, 1.54) is 0 Å². The molecule has 1 atom stereocenters. The van der Waals surface area contributed by atoms with Crippen LogP contribution in [0.4, 0.5) is 0 Å². The highest BCUT2D eigenvalue weighted by molar-refractivity contribution is 4.75. The number of aliphatic hydroxyl groups excluding tert-OH is 1. The maximum atomic E-state index is 9.37.